The topological polar surface area (TPSA) is 32.3 Å². The predicted molar refractivity (Wildman–Crippen MR) is 82.5 cm³/mol. The SMILES string of the molecule is CC1CCCCN1CC(=O)c1ccc2c(c1)CCCN2. The van der Waals surface area contributed by atoms with Crippen LogP contribution in [0.5, 0.6) is 0 Å². The van der Waals surface area contributed by atoms with Gasteiger partial charge in [0, 0.05) is 23.8 Å². The van der Waals surface area contributed by atoms with Crippen LogP contribution in [0.25, 0.3) is 0 Å². The van der Waals surface area contributed by atoms with Gasteiger partial charge in [0.1, 0.15) is 0 Å². The molecule has 3 heteroatoms. The normalized spacial score (nSPS) is 22.9. The summed E-state index contributed by atoms with van der Waals surface area (Å²) in [7, 11) is 0. The van der Waals surface area contributed by atoms with E-state index in [4.69, 9.17) is 0 Å². The van der Waals surface area contributed by atoms with E-state index >= 15 is 0 Å². The van der Waals surface area contributed by atoms with Crippen molar-refractivity contribution in [3.8, 4) is 0 Å². The van der Waals surface area contributed by atoms with Crippen LogP contribution in [0.15, 0.2) is 18.2 Å². The number of hydrogen-bond donors (Lipinski definition) is 1. The zero-order valence-electron chi connectivity index (χ0n) is 12.3. The molecular formula is C17H24N2O. The quantitative estimate of drug-likeness (QED) is 0.858. The molecule has 0 amide bonds. The maximum Gasteiger partial charge on any atom is 0.176 e. The fraction of sp³-hybridized carbons (Fsp3) is 0.588. The third-order valence-electron chi connectivity index (χ3n) is 4.65. The molecule has 20 heavy (non-hydrogen) atoms. The average Bonchev–Trinajstić information content (AvgIpc) is 2.49. The van der Waals surface area contributed by atoms with Crippen LogP contribution in [0.2, 0.25) is 0 Å². The van der Waals surface area contributed by atoms with Crippen LogP contribution in [0.3, 0.4) is 0 Å². The standard InChI is InChI=1S/C17H24N2O/c1-13-5-2-3-10-19(13)12-17(20)15-7-8-16-14(11-15)6-4-9-18-16/h7-8,11,13,18H,2-6,9-10,12H2,1H3. The van der Waals surface area contributed by atoms with Crippen LogP contribution in [-0.4, -0.2) is 36.4 Å². The van der Waals surface area contributed by atoms with Gasteiger partial charge in [-0.3, -0.25) is 9.69 Å². The Balaban J connectivity index is 1.70. The number of nitrogens with one attached hydrogen (secondary N) is 1. The summed E-state index contributed by atoms with van der Waals surface area (Å²) in [6.45, 7) is 4.93. The smallest absolute Gasteiger partial charge is 0.176 e. The minimum Gasteiger partial charge on any atom is -0.385 e. The summed E-state index contributed by atoms with van der Waals surface area (Å²) in [4.78, 5) is 14.8. The summed E-state index contributed by atoms with van der Waals surface area (Å²) in [5.74, 6) is 0.270. The van der Waals surface area contributed by atoms with Crippen LogP contribution in [0.1, 0.15) is 48.5 Å². The molecule has 0 bridgehead atoms. The molecule has 2 aliphatic rings. The Kier molecular flexibility index (Phi) is 4.06. The van der Waals surface area contributed by atoms with Crippen molar-refractivity contribution >= 4 is 11.5 Å². The lowest BCUT2D eigenvalue weighted by atomic mass is 9.98. The average molecular weight is 272 g/mol. The largest absolute Gasteiger partial charge is 0.385 e. The highest BCUT2D eigenvalue weighted by Gasteiger charge is 2.21. The molecule has 1 atom stereocenters. The van der Waals surface area contributed by atoms with Crippen molar-refractivity contribution in [3.63, 3.8) is 0 Å². The van der Waals surface area contributed by atoms with E-state index in [2.05, 4.69) is 29.3 Å². The second-order valence-corrected chi connectivity index (χ2v) is 6.14. The molecule has 108 valence electrons. The molecule has 1 saturated heterocycles. The van der Waals surface area contributed by atoms with Gasteiger partial charge in [0.15, 0.2) is 5.78 Å². The number of ketones is 1. The number of anilines is 1. The maximum atomic E-state index is 12.5. The van der Waals surface area contributed by atoms with Crippen LogP contribution < -0.4 is 5.32 Å². The molecule has 1 unspecified atom stereocenters. The Morgan fingerprint density at radius 2 is 2.25 bits per heavy atom. The van der Waals surface area contributed by atoms with E-state index in [0.29, 0.717) is 12.6 Å². The van der Waals surface area contributed by atoms with Gasteiger partial charge in [-0.25, -0.2) is 0 Å². The summed E-state index contributed by atoms with van der Waals surface area (Å²) >= 11 is 0. The van der Waals surface area contributed by atoms with E-state index in [1.165, 1.54) is 30.5 Å². The van der Waals surface area contributed by atoms with Gasteiger partial charge in [0.25, 0.3) is 0 Å². The van der Waals surface area contributed by atoms with Crippen LogP contribution in [-0.2, 0) is 6.42 Å². The zero-order chi connectivity index (χ0) is 13.9. The fourth-order valence-corrected chi connectivity index (χ4v) is 3.32. The molecule has 1 aromatic rings. The van der Waals surface area contributed by atoms with Crippen LogP contribution in [0.4, 0.5) is 5.69 Å². The second-order valence-electron chi connectivity index (χ2n) is 6.14. The van der Waals surface area contributed by atoms with Gasteiger partial charge in [-0.2, -0.15) is 0 Å². The van der Waals surface area contributed by atoms with E-state index < -0.39 is 0 Å². The van der Waals surface area contributed by atoms with E-state index in [1.54, 1.807) is 0 Å². The lowest BCUT2D eigenvalue weighted by Gasteiger charge is -2.32. The first-order chi connectivity index (χ1) is 9.74. The molecule has 1 fully saturated rings. The predicted octanol–water partition coefficient (Wildman–Crippen LogP) is 3.10. The monoisotopic (exact) mass is 272 g/mol. The fourth-order valence-electron chi connectivity index (χ4n) is 3.32. The number of benzene rings is 1. The summed E-state index contributed by atoms with van der Waals surface area (Å²) < 4.78 is 0. The number of piperidine rings is 1. The molecule has 2 heterocycles. The third kappa shape index (κ3) is 2.88. The van der Waals surface area contributed by atoms with Crippen molar-refractivity contribution in [1.29, 1.82) is 0 Å². The van der Waals surface area contributed by atoms with Gasteiger partial charge < -0.3 is 5.32 Å². The Bertz CT molecular complexity index is 498. The van der Waals surface area contributed by atoms with Crippen molar-refractivity contribution in [3.05, 3.63) is 29.3 Å². The lowest BCUT2D eigenvalue weighted by molar-refractivity contribution is 0.0860. The molecule has 0 radical (unpaired) electrons. The van der Waals surface area contributed by atoms with Crippen molar-refractivity contribution in [2.75, 3.05) is 25.0 Å². The molecule has 3 nitrogen and oxygen atoms in total. The first-order valence-electron chi connectivity index (χ1n) is 7.88. The Morgan fingerprint density at radius 3 is 3.10 bits per heavy atom. The van der Waals surface area contributed by atoms with Gasteiger partial charge in [0.05, 0.1) is 6.54 Å². The van der Waals surface area contributed by atoms with Crippen molar-refractivity contribution in [1.82, 2.24) is 4.90 Å². The van der Waals surface area contributed by atoms with E-state index in [9.17, 15) is 4.79 Å². The zero-order valence-corrected chi connectivity index (χ0v) is 12.3. The van der Waals surface area contributed by atoms with Gasteiger partial charge >= 0.3 is 0 Å². The molecule has 0 saturated carbocycles. The summed E-state index contributed by atoms with van der Waals surface area (Å²) in [5.41, 5.74) is 3.39. The number of hydrogen-bond acceptors (Lipinski definition) is 3. The third-order valence-corrected chi connectivity index (χ3v) is 4.65. The number of carbonyl (C=O) groups excluding carboxylic acids is 1. The highest BCUT2D eigenvalue weighted by Crippen LogP contribution is 2.24. The summed E-state index contributed by atoms with van der Waals surface area (Å²) in [5, 5.41) is 3.40. The number of fused-ring (bicyclic) bond motifs is 1. The molecule has 2 aliphatic heterocycles. The van der Waals surface area contributed by atoms with E-state index in [0.717, 1.165) is 31.5 Å². The number of Topliss-reactive ketones (excluding diaryl/α,β-unsaturated/α-hetero) is 1. The van der Waals surface area contributed by atoms with E-state index in [1.807, 2.05) is 6.07 Å². The van der Waals surface area contributed by atoms with Crippen molar-refractivity contribution in [2.45, 2.75) is 45.1 Å². The summed E-state index contributed by atoms with van der Waals surface area (Å²) in [6, 6.07) is 6.69. The highest BCUT2D eigenvalue weighted by molar-refractivity contribution is 5.98. The molecule has 1 N–H and O–H groups in total. The van der Waals surface area contributed by atoms with Crippen molar-refractivity contribution < 1.29 is 4.79 Å². The lowest BCUT2D eigenvalue weighted by Crippen LogP contribution is -2.40. The first kappa shape index (κ1) is 13.6. The molecule has 0 spiro atoms. The van der Waals surface area contributed by atoms with E-state index in [-0.39, 0.29) is 5.78 Å². The van der Waals surface area contributed by atoms with Crippen LogP contribution >= 0.6 is 0 Å². The van der Waals surface area contributed by atoms with Crippen LogP contribution in [0, 0.1) is 0 Å². The van der Waals surface area contributed by atoms with Gasteiger partial charge in [-0.05, 0) is 62.9 Å². The number of rotatable bonds is 3. The number of aryl methyl sites for hydroxylation is 1. The number of carbonyl (C=O) groups is 1. The number of nitrogens with zero attached hydrogens (tertiary/aromatic N) is 1. The molecule has 3 rings (SSSR count). The number of likely N-dealkylation sites (tertiary alicyclic amines) is 1. The van der Waals surface area contributed by atoms with Gasteiger partial charge in [0.2, 0.25) is 0 Å². The molecule has 1 aromatic carbocycles. The minimum atomic E-state index is 0.270. The first-order valence-corrected chi connectivity index (χ1v) is 7.88. The Labute approximate surface area is 121 Å². The highest BCUT2D eigenvalue weighted by atomic mass is 16.1. The Morgan fingerprint density at radius 1 is 1.35 bits per heavy atom. The molecule has 0 aromatic heterocycles. The van der Waals surface area contributed by atoms with Gasteiger partial charge in [-0.15, -0.1) is 0 Å². The van der Waals surface area contributed by atoms with Crippen molar-refractivity contribution in [2.24, 2.45) is 0 Å². The van der Waals surface area contributed by atoms with Gasteiger partial charge in [-0.1, -0.05) is 6.42 Å². The second kappa shape index (κ2) is 5.96. The molecular weight excluding hydrogens is 248 g/mol. The maximum absolute atomic E-state index is 12.5. The minimum absolute atomic E-state index is 0.270. The Hall–Kier alpha value is -1.35. The molecule has 0 aliphatic carbocycles. The summed E-state index contributed by atoms with van der Waals surface area (Å²) in [6.07, 6.45) is 6.00.